The van der Waals surface area contributed by atoms with Crippen molar-refractivity contribution in [3.63, 3.8) is 0 Å². The second kappa shape index (κ2) is 7.16. The summed E-state index contributed by atoms with van der Waals surface area (Å²) in [5.74, 6) is 1.79. The molecule has 0 bridgehead atoms. The summed E-state index contributed by atoms with van der Waals surface area (Å²) in [5.41, 5.74) is 2.49. The maximum atomic E-state index is 11.0. The fourth-order valence-electron chi connectivity index (χ4n) is 1.56. The minimum absolute atomic E-state index is 0.252. The summed E-state index contributed by atoms with van der Waals surface area (Å²) in [6, 6.07) is 8.71. The topological polar surface area (TPSA) is 46.2 Å². The van der Waals surface area contributed by atoms with E-state index in [2.05, 4.69) is 36.5 Å². The molecule has 5 heteroatoms. The average molecular weight is 287 g/mol. The Labute approximate surface area is 114 Å². The molecule has 3 nitrogen and oxygen atoms in total. The Bertz CT molecular complexity index is 454. The Morgan fingerprint density at radius 1 is 1.28 bits per heavy atom. The fourth-order valence-corrected chi connectivity index (χ4v) is 4.00. The van der Waals surface area contributed by atoms with Crippen LogP contribution in [0.5, 0.6) is 0 Å². The third-order valence-electron chi connectivity index (χ3n) is 2.71. The zero-order chi connectivity index (χ0) is 13.6. The summed E-state index contributed by atoms with van der Waals surface area (Å²) in [6.07, 6.45) is 1.28. The van der Waals surface area contributed by atoms with Gasteiger partial charge in [-0.2, -0.15) is 11.8 Å². The van der Waals surface area contributed by atoms with Crippen molar-refractivity contribution in [1.29, 1.82) is 0 Å². The molecule has 1 rings (SSSR count). The Morgan fingerprint density at radius 2 is 1.89 bits per heavy atom. The summed E-state index contributed by atoms with van der Waals surface area (Å²) in [4.78, 5) is 0. The van der Waals surface area contributed by atoms with Crippen molar-refractivity contribution in [3.05, 3.63) is 35.4 Å². The minimum atomic E-state index is -2.84. The average Bonchev–Trinajstić information content (AvgIpc) is 2.29. The molecule has 0 fully saturated rings. The van der Waals surface area contributed by atoms with Crippen LogP contribution in [0.15, 0.2) is 24.3 Å². The van der Waals surface area contributed by atoms with Crippen molar-refractivity contribution in [3.8, 4) is 0 Å². The van der Waals surface area contributed by atoms with Gasteiger partial charge in [0.25, 0.3) is 0 Å². The lowest BCUT2D eigenvalue weighted by molar-refractivity contribution is 0.603. The highest BCUT2D eigenvalue weighted by molar-refractivity contribution is 8.00. The van der Waals surface area contributed by atoms with Crippen molar-refractivity contribution in [2.45, 2.75) is 13.0 Å². The van der Waals surface area contributed by atoms with Crippen molar-refractivity contribution in [2.75, 3.05) is 30.6 Å². The van der Waals surface area contributed by atoms with Gasteiger partial charge in [0.05, 0.1) is 5.75 Å². The summed E-state index contributed by atoms with van der Waals surface area (Å²) < 4.78 is 22.0. The molecule has 0 aromatic heterocycles. The zero-order valence-corrected chi connectivity index (χ0v) is 12.8. The van der Waals surface area contributed by atoms with E-state index in [0.29, 0.717) is 5.75 Å². The number of sulfone groups is 1. The highest BCUT2D eigenvalue weighted by atomic mass is 32.2. The SMILES string of the molecule is CNC(CSCCS(C)(=O)=O)c1ccc(C)cc1. The molecule has 0 aliphatic heterocycles. The molecule has 1 aromatic carbocycles. The van der Waals surface area contributed by atoms with Crippen molar-refractivity contribution in [2.24, 2.45) is 0 Å². The molecule has 0 aliphatic rings. The third-order valence-corrected chi connectivity index (χ3v) is 4.98. The molecule has 0 aliphatic carbocycles. The molecule has 0 radical (unpaired) electrons. The second-order valence-electron chi connectivity index (χ2n) is 4.46. The number of benzene rings is 1. The van der Waals surface area contributed by atoms with Gasteiger partial charge in [-0.3, -0.25) is 0 Å². The molecule has 102 valence electrons. The molecule has 0 saturated heterocycles. The van der Waals surface area contributed by atoms with Gasteiger partial charge >= 0.3 is 0 Å². The van der Waals surface area contributed by atoms with Gasteiger partial charge < -0.3 is 5.32 Å². The first-order valence-electron chi connectivity index (χ1n) is 5.91. The van der Waals surface area contributed by atoms with Crippen molar-refractivity contribution < 1.29 is 8.42 Å². The quantitative estimate of drug-likeness (QED) is 0.780. The number of hydrogen-bond acceptors (Lipinski definition) is 4. The summed E-state index contributed by atoms with van der Waals surface area (Å²) >= 11 is 1.67. The van der Waals surface area contributed by atoms with Gasteiger partial charge in [0.15, 0.2) is 0 Å². The van der Waals surface area contributed by atoms with E-state index < -0.39 is 9.84 Å². The molecular weight excluding hydrogens is 266 g/mol. The molecule has 1 atom stereocenters. The molecule has 1 aromatic rings. The van der Waals surface area contributed by atoms with Crippen LogP contribution in [0.4, 0.5) is 0 Å². The van der Waals surface area contributed by atoms with Crippen molar-refractivity contribution >= 4 is 21.6 Å². The summed E-state index contributed by atoms with van der Waals surface area (Å²) in [7, 11) is -0.908. The zero-order valence-electron chi connectivity index (χ0n) is 11.1. The molecule has 1 unspecified atom stereocenters. The van der Waals surface area contributed by atoms with E-state index in [-0.39, 0.29) is 11.8 Å². The summed E-state index contributed by atoms with van der Waals surface area (Å²) in [6.45, 7) is 2.07. The number of thioether (sulfide) groups is 1. The van der Waals surface area contributed by atoms with Gasteiger partial charge in [-0.25, -0.2) is 8.42 Å². The second-order valence-corrected chi connectivity index (χ2v) is 7.87. The first-order chi connectivity index (χ1) is 8.42. The molecule has 0 spiro atoms. The van der Waals surface area contributed by atoms with E-state index >= 15 is 0 Å². The highest BCUT2D eigenvalue weighted by Gasteiger charge is 2.09. The molecule has 0 heterocycles. The Hall–Kier alpha value is -0.520. The van der Waals surface area contributed by atoms with Gasteiger partial charge in [0.1, 0.15) is 9.84 Å². The Morgan fingerprint density at radius 3 is 2.39 bits per heavy atom. The normalized spacial score (nSPS) is 13.5. The highest BCUT2D eigenvalue weighted by Crippen LogP contribution is 2.18. The van der Waals surface area contributed by atoms with Gasteiger partial charge in [0, 0.05) is 23.8 Å². The maximum Gasteiger partial charge on any atom is 0.148 e. The van der Waals surface area contributed by atoms with E-state index in [1.54, 1.807) is 11.8 Å². The molecule has 18 heavy (non-hydrogen) atoms. The van der Waals surface area contributed by atoms with Crippen LogP contribution in [0.25, 0.3) is 0 Å². The molecule has 0 amide bonds. The Kier molecular flexibility index (Phi) is 6.18. The van der Waals surface area contributed by atoms with E-state index in [1.165, 1.54) is 17.4 Å². The largest absolute Gasteiger partial charge is 0.312 e. The number of nitrogens with one attached hydrogen (secondary N) is 1. The van der Waals surface area contributed by atoms with Crippen LogP contribution in [0.1, 0.15) is 17.2 Å². The molecular formula is C13H21NO2S2. The lowest BCUT2D eigenvalue weighted by atomic mass is 10.1. The van der Waals surface area contributed by atoms with E-state index in [0.717, 1.165) is 5.75 Å². The lowest BCUT2D eigenvalue weighted by Gasteiger charge is -2.16. The summed E-state index contributed by atoms with van der Waals surface area (Å²) in [5, 5.41) is 3.27. The molecule has 1 N–H and O–H groups in total. The third kappa shape index (κ3) is 5.89. The lowest BCUT2D eigenvalue weighted by Crippen LogP contribution is -2.19. The van der Waals surface area contributed by atoms with Crippen molar-refractivity contribution in [1.82, 2.24) is 5.32 Å². The van der Waals surface area contributed by atoms with Gasteiger partial charge in [0.2, 0.25) is 0 Å². The number of aryl methyl sites for hydroxylation is 1. The van der Waals surface area contributed by atoms with Crippen LogP contribution in [0.3, 0.4) is 0 Å². The predicted octanol–water partition coefficient (Wildman–Crippen LogP) is 2.03. The molecule has 0 saturated carbocycles. The number of rotatable bonds is 7. The van der Waals surface area contributed by atoms with E-state index in [1.807, 2.05) is 7.05 Å². The van der Waals surface area contributed by atoms with Gasteiger partial charge in [-0.05, 0) is 19.5 Å². The first kappa shape index (κ1) is 15.5. The van der Waals surface area contributed by atoms with E-state index in [9.17, 15) is 8.42 Å². The number of hydrogen-bond donors (Lipinski definition) is 1. The van der Waals surface area contributed by atoms with Crippen LogP contribution >= 0.6 is 11.8 Å². The predicted molar refractivity (Wildman–Crippen MR) is 80.0 cm³/mol. The smallest absolute Gasteiger partial charge is 0.148 e. The van der Waals surface area contributed by atoms with Crippen LogP contribution in [-0.2, 0) is 9.84 Å². The first-order valence-corrected chi connectivity index (χ1v) is 9.13. The minimum Gasteiger partial charge on any atom is -0.312 e. The van der Waals surface area contributed by atoms with Crippen LogP contribution in [0.2, 0.25) is 0 Å². The van der Waals surface area contributed by atoms with Gasteiger partial charge in [-0.1, -0.05) is 29.8 Å². The van der Waals surface area contributed by atoms with Gasteiger partial charge in [-0.15, -0.1) is 0 Å². The monoisotopic (exact) mass is 287 g/mol. The van der Waals surface area contributed by atoms with Crippen LogP contribution < -0.4 is 5.32 Å². The fraction of sp³-hybridized carbons (Fsp3) is 0.538. The van der Waals surface area contributed by atoms with Crippen LogP contribution in [-0.4, -0.2) is 39.0 Å². The van der Waals surface area contributed by atoms with Crippen LogP contribution in [0, 0.1) is 6.92 Å². The standard InChI is InChI=1S/C13H21NO2S2/c1-11-4-6-12(7-5-11)13(14-2)10-17-8-9-18(3,15)16/h4-7,13-14H,8-10H2,1-3H3. The van der Waals surface area contributed by atoms with E-state index in [4.69, 9.17) is 0 Å². The maximum absolute atomic E-state index is 11.0. The Balaban J connectivity index is 2.45.